The summed E-state index contributed by atoms with van der Waals surface area (Å²) in [7, 11) is 0. The molecule has 1 heterocycles. The van der Waals surface area contributed by atoms with Crippen LogP contribution in [0.1, 0.15) is 19.4 Å². The van der Waals surface area contributed by atoms with Crippen molar-refractivity contribution in [1.82, 2.24) is 4.98 Å². The fraction of sp³-hybridized carbons (Fsp3) is 0.375. The second-order valence-corrected chi connectivity index (χ2v) is 2.20. The standard InChI is InChI=1S/C6H5ClFN.C2H6/c1-4-2-5(7)3-9-6(4)8;1-2/h2-3H,1H3;1-2H3. The highest BCUT2D eigenvalue weighted by Gasteiger charge is 1.96. The van der Waals surface area contributed by atoms with Crippen molar-refractivity contribution >= 4 is 11.6 Å². The zero-order valence-corrected chi connectivity index (χ0v) is 7.61. The van der Waals surface area contributed by atoms with E-state index < -0.39 is 5.95 Å². The number of aryl methyl sites for hydroxylation is 1. The average Bonchev–Trinajstić information content (AvgIpc) is 2.02. The number of aromatic nitrogens is 1. The van der Waals surface area contributed by atoms with Crippen molar-refractivity contribution in [2.24, 2.45) is 0 Å². The smallest absolute Gasteiger partial charge is 0.215 e. The largest absolute Gasteiger partial charge is 0.227 e. The highest BCUT2D eigenvalue weighted by atomic mass is 35.5. The van der Waals surface area contributed by atoms with Crippen molar-refractivity contribution in [3.05, 3.63) is 28.8 Å². The van der Waals surface area contributed by atoms with E-state index in [1.165, 1.54) is 12.3 Å². The highest BCUT2D eigenvalue weighted by molar-refractivity contribution is 6.30. The molecule has 0 aromatic carbocycles. The van der Waals surface area contributed by atoms with E-state index in [4.69, 9.17) is 11.6 Å². The Hall–Kier alpha value is -0.630. The molecule has 1 rings (SSSR count). The van der Waals surface area contributed by atoms with Gasteiger partial charge >= 0.3 is 0 Å². The van der Waals surface area contributed by atoms with Crippen LogP contribution in [-0.4, -0.2) is 4.98 Å². The van der Waals surface area contributed by atoms with Crippen LogP contribution < -0.4 is 0 Å². The van der Waals surface area contributed by atoms with Crippen molar-refractivity contribution in [2.75, 3.05) is 0 Å². The third kappa shape index (κ3) is 3.33. The maximum absolute atomic E-state index is 12.3. The van der Waals surface area contributed by atoms with Crippen LogP contribution in [0.4, 0.5) is 4.39 Å². The molecular weight excluding hydrogens is 165 g/mol. The van der Waals surface area contributed by atoms with Crippen LogP contribution in [0.5, 0.6) is 0 Å². The number of pyridine rings is 1. The summed E-state index contributed by atoms with van der Waals surface area (Å²) in [5, 5.41) is 0.467. The predicted molar refractivity (Wildman–Crippen MR) is 45.3 cm³/mol. The van der Waals surface area contributed by atoms with Gasteiger partial charge in [-0.1, -0.05) is 25.4 Å². The molecule has 0 aliphatic rings. The maximum atomic E-state index is 12.3. The van der Waals surface area contributed by atoms with Crippen molar-refractivity contribution in [2.45, 2.75) is 20.8 Å². The van der Waals surface area contributed by atoms with E-state index in [2.05, 4.69) is 4.98 Å². The van der Waals surface area contributed by atoms with Crippen LogP contribution in [0.25, 0.3) is 0 Å². The highest BCUT2D eigenvalue weighted by Crippen LogP contribution is 2.09. The lowest BCUT2D eigenvalue weighted by molar-refractivity contribution is 0.574. The second-order valence-electron chi connectivity index (χ2n) is 1.76. The monoisotopic (exact) mass is 175 g/mol. The molecule has 0 atom stereocenters. The van der Waals surface area contributed by atoms with E-state index >= 15 is 0 Å². The molecular formula is C8H11ClFN. The molecule has 0 aliphatic heterocycles. The van der Waals surface area contributed by atoms with Gasteiger partial charge in [0.15, 0.2) is 0 Å². The minimum absolute atomic E-state index is 0.459. The summed E-state index contributed by atoms with van der Waals surface area (Å²) in [5.74, 6) is -0.459. The van der Waals surface area contributed by atoms with Gasteiger partial charge in [-0.05, 0) is 13.0 Å². The minimum Gasteiger partial charge on any atom is -0.227 e. The molecule has 1 aromatic rings. The van der Waals surface area contributed by atoms with Crippen molar-refractivity contribution in [3.63, 3.8) is 0 Å². The fourth-order valence-corrected chi connectivity index (χ4v) is 0.736. The summed E-state index contributed by atoms with van der Waals surface area (Å²) >= 11 is 5.49. The van der Waals surface area contributed by atoms with Crippen LogP contribution in [0.3, 0.4) is 0 Å². The van der Waals surface area contributed by atoms with E-state index in [9.17, 15) is 4.39 Å². The average molecular weight is 176 g/mol. The molecule has 0 unspecified atom stereocenters. The molecule has 0 N–H and O–H groups in total. The van der Waals surface area contributed by atoms with Gasteiger partial charge in [0.2, 0.25) is 5.95 Å². The first kappa shape index (κ1) is 10.4. The Morgan fingerprint density at radius 3 is 2.36 bits per heavy atom. The van der Waals surface area contributed by atoms with Crippen LogP contribution in [0, 0.1) is 12.9 Å². The third-order valence-electron chi connectivity index (χ3n) is 0.981. The van der Waals surface area contributed by atoms with Gasteiger partial charge in [0.05, 0.1) is 5.02 Å². The van der Waals surface area contributed by atoms with Gasteiger partial charge in [0, 0.05) is 11.8 Å². The zero-order chi connectivity index (χ0) is 8.85. The molecule has 1 nitrogen and oxygen atoms in total. The first-order valence-corrected chi connectivity index (χ1v) is 3.85. The zero-order valence-electron chi connectivity index (χ0n) is 6.86. The first-order valence-electron chi connectivity index (χ1n) is 3.48. The summed E-state index contributed by atoms with van der Waals surface area (Å²) in [6.45, 7) is 5.62. The summed E-state index contributed by atoms with van der Waals surface area (Å²) in [6, 6.07) is 1.53. The van der Waals surface area contributed by atoms with Gasteiger partial charge in [0.1, 0.15) is 0 Å². The SMILES string of the molecule is CC.Cc1cc(Cl)cnc1F. The maximum Gasteiger partial charge on any atom is 0.215 e. The Kier molecular flexibility index (Phi) is 4.79. The normalized spacial score (nSPS) is 8.45. The molecule has 11 heavy (non-hydrogen) atoms. The first-order chi connectivity index (χ1) is 5.20. The fourth-order valence-electron chi connectivity index (χ4n) is 0.524. The molecule has 0 saturated heterocycles. The van der Waals surface area contributed by atoms with Gasteiger partial charge < -0.3 is 0 Å². The quantitative estimate of drug-likeness (QED) is 0.552. The molecule has 0 bridgehead atoms. The summed E-state index contributed by atoms with van der Waals surface area (Å²) in [5.41, 5.74) is 0.475. The molecule has 62 valence electrons. The Labute approximate surface area is 71.2 Å². The summed E-state index contributed by atoms with van der Waals surface area (Å²) in [4.78, 5) is 3.38. The second kappa shape index (κ2) is 5.08. The lowest BCUT2D eigenvalue weighted by Crippen LogP contribution is -1.85. The molecule has 0 fully saturated rings. The number of halogens is 2. The predicted octanol–water partition coefficient (Wildman–Crippen LogP) is 3.21. The lowest BCUT2D eigenvalue weighted by atomic mass is 10.3. The van der Waals surface area contributed by atoms with Crippen molar-refractivity contribution in [3.8, 4) is 0 Å². The van der Waals surface area contributed by atoms with Gasteiger partial charge in [-0.3, -0.25) is 0 Å². The van der Waals surface area contributed by atoms with E-state index in [-0.39, 0.29) is 0 Å². The van der Waals surface area contributed by atoms with Gasteiger partial charge in [-0.2, -0.15) is 4.39 Å². The van der Waals surface area contributed by atoms with Crippen LogP contribution in [0.2, 0.25) is 5.02 Å². The van der Waals surface area contributed by atoms with E-state index in [0.29, 0.717) is 10.6 Å². The van der Waals surface area contributed by atoms with E-state index in [1.807, 2.05) is 13.8 Å². The van der Waals surface area contributed by atoms with Gasteiger partial charge in [0.25, 0.3) is 0 Å². The minimum atomic E-state index is -0.459. The summed E-state index contributed by atoms with van der Waals surface area (Å²) < 4.78 is 12.3. The van der Waals surface area contributed by atoms with Crippen LogP contribution >= 0.6 is 11.6 Å². The van der Waals surface area contributed by atoms with E-state index in [0.717, 1.165) is 0 Å². The number of hydrogen-bond donors (Lipinski definition) is 0. The number of rotatable bonds is 0. The number of nitrogens with zero attached hydrogens (tertiary/aromatic N) is 1. The summed E-state index contributed by atoms with van der Waals surface area (Å²) in [6.07, 6.45) is 1.28. The van der Waals surface area contributed by atoms with E-state index in [1.54, 1.807) is 6.92 Å². The number of hydrogen-bond acceptors (Lipinski definition) is 1. The Morgan fingerprint density at radius 1 is 1.45 bits per heavy atom. The van der Waals surface area contributed by atoms with Crippen LogP contribution in [-0.2, 0) is 0 Å². The molecule has 0 radical (unpaired) electrons. The van der Waals surface area contributed by atoms with Crippen molar-refractivity contribution < 1.29 is 4.39 Å². The van der Waals surface area contributed by atoms with Gasteiger partial charge in [-0.25, -0.2) is 4.98 Å². The Morgan fingerprint density at radius 2 is 2.00 bits per heavy atom. The molecule has 3 heteroatoms. The molecule has 0 spiro atoms. The topological polar surface area (TPSA) is 12.9 Å². The van der Waals surface area contributed by atoms with Gasteiger partial charge in [-0.15, -0.1) is 0 Å². The van der Waals surface area contributed by atoms with Crippen molar-refractivity contribution in [1.29, 1.82) is 0 Å². The Balaban J connectivity index is 0.000000461. The lowest BCUT2D eigenvalue weighted by Gasteiger charge is -1.92. The Bertz CT molecular complexity index is 225. The molecule has 1 aromatic heterocycles. The molecule has 0 aliphatic carbocycles. The molecule has 0 amide bonds. The third-order valence-corrected chi connectivity index (χ3v) is 1.19. The molecule has 0 saturated carbocycles. The van der Waals surface area contributed by atoms with Crippen LogP contribution in [0.15, 0.2) is 12.3 Å².